The molecule has 0 atom stereocenters. The number of benzene rings is 1. The van der Waals surface area contributed by atoms with Crippen LogP contribution in [0.4, 0.5) is 5.69 Å². The van der Waals surface area contributed by atoms with E-state index in [-0.39, 0.29) is 24.5 Å². The van der Waals surface area contributed by atoms with Crippen LogP contribution in [-0.4, -0.2) is 41.0 Å². The molecule has 2 N–H and O–H groups in total. The Hall–Kier alpha value is -1.88. The summed E-state index contributed by atoms with van der Waals surface area (Å²) in [4.78, 5) is 26.3. The standard InChI is InChI=1S/C17H24N2O3/c1-17(2,3)16(22)18-13-6-4-5-12(11-13)15(21)19(9-10-20)14-7-8-14/h4-6,11,14,20H,7-10H2,1-3H3,(H,18,22). The molecular weight excluding hydrogens is 280 g/mol. The lowest BCUT2D eigenvalue weighted by Crippen LogP contribution is -2.35. The van der Waals surface area contributed by atoms with Crippen LogP contribution in [0.1, 0.15) is 44.0 Å². The average molecular weight is 304 g/mol. The van der Waals surface area contributed by atoms with E-state index < -0.39 is 5.41 Å². The summed E-state index contributed by atoms with van der Waals surface area (Å²) in [5.41, 5.74) is 0.661. The highest BCUT2D eigenvalue weighted by Crippen LogP contribution is 2.28. The molecule has 1 aromatic carbocycles. The Morgan fingerprint density at radius 1 is 1.32 bits per heavy atom. The highest BCUT2D eigenvalue weighted by Gasteiger charge is 2.32. The van der Waals surface area contributed by atoms with Gasteiger partial charge < -0.3 is 15.3 Å². The second-order valence-electron chi connectivity index (χ2n) is 6.74. The lowest BCUT2D eigenvalue weighted by molar-refractivity contribution is -0.123. The summed E-state index contributed by atoms with van der Waals surface area (Å²) in [6, 6.07) is 7.21. The molecule has 0 aromatic heterocycles. The summed E-state index contributed by atoms with van der Waals surface area (Å²) in [5, 5.41) is 12.0. The van der Waals surface area contributed by atoms with Crippen molar-refractivity contribution in [2.24, 2.45) is 5.41 Å². The third-order valence-corrected chi connectivity index (χ3v) is 3.64. The maximum absolute atomic E-state index is 12.6. The van der Waals surface area contributed by atoms with Gasteiger partial charge in [0.1, 0.15) is 0 Å². The molecule has 1 saturated carbocycles. The van der Waals surface area contributed by atoms with E-state index in [1.807, 2.05) is 20.8 Å². The van der Waals surface area contributed by atoms with Crippen LogP contribution in [0.2, 0.25) is 0 Å². The number of aliphatic hydroxyl groups excluding tert-OH is 1. The first-order valence-corrected chi connectivity index (χ1v) is 7.66. The van der Waals surface area contributed by atoms with E-state index >= 15 is 0 Å². The molecule has 22 heavy (non-hydrogen) atoms. The van der Waals surface area contributed by atoms with Crippen LogP contribution in [-0.2, 0) is 4.79 Å². The van der Waals surface area contributed by atoms with Gasteiger partial charge >= 0.3 is 0 Å². The number of carbonyl (C=O) groups excluding carboxylic acids is 2. The summed E-state index contributed by atoms with van der Waals surface area (Å²) in [5.74, 6) is -0.185. The second kappa shape index (κ2) is 6.48. The van der Waals surface area contributed by atoms with Crippen LogP contribution in [0.15, 0.2) is 24.3 Å². The molecule has 0 bridgehead atoms. The molecule has 1 aliphatic carbocycles. The van der Waals surface area contributed by atoms with Gasteiger partial charge in [0, 0.05) is 29.3 Å². The summed E-state index contributed by atoms with van der Waals surface area (Å²) in [7, 11) is 0. The third-order valence-electron chi connectivity index (χ3n) is 3.64. The van der Waals surface area contributed by atoms with Gasteiger partial charge in [-0.3, -0.25) is 9.59 Å². The van der Waals surface area contributed by atoms with Gasteiger partial charge in [-0.2, -0.15) is 0 Å². The van der Waals surface area contributed by atoms with Crippen LogP contribution in [0.5, 0.6) is 0 Å². The van der Waals surface area contributed by atoms with Crippen molar-refractivity contribution in [3.8, 4) is 0 Å². The molecule has 0 heterocycles. The molecule has 0 spiro atoms. The van der Waals surface area contributed by atoms with Gasteiger partial charge in [-0.1, -0.05) is 26.8 Å². The predicted octanol–water partition coefficient (Wildman–Crippen LogP) is 2.27. The zero-order valence-electron chi connectivity index (χ0n) is 13.4. The van der Waals surface area contributed by atoms with Crippen LogP contribution < -0.4 is 5.32 Å². The number of rotatable bonds is 5. The van der Waals surface area contributed by atoms with E-state index in [1.165, 1.54) is 0 Å². The lowest BCUT2D eigenvalue weighted by Gasteiger charge is -2.22. The van der Waals surface area contributed by atoms with Crippen molar-refractivity contribution in [3.05, 3.63) is 29.8 Å². The van der Waals surface area contributed by atoms with E-state index in [4.69, 9.17) is 5.11 Å². The molecule has 0 saturated heterocycles. The number of aliphatic hydroxyl groups is 1. The number of amides is 2. The van der Waals surface area contributed by atoms with Crippen molar-refractivity contribution < 1.29 is 14.7 Å². The summed E-state index contributed by atoms with van der Waals surface area (Å²) in [6.07, 6.45) is 1.98. The first-order valence-electron chi connectivity index (χ1n) is 7.66. The van der Waals surface area contributed by atoms with E-state index in [0.717, 1.165) is 12.8 Å². The Labute approximate surface area is 131 Å². The van der Waals surface area contributed by atoms with Crippen LogP contribution in [0, 0.1) is 5.41 Å². The molecule has 2 amide bonds. The molecule has 1 aliphatic rings. The number of hydrogen-bond donors (Lipinski definition) is 2. The first kappa shape index (κ1) is 16.5. The Morgan fingerprint density at radius 2 is 2.00 bits per heavy atom. The molecule has 2 rings (SSSR count). The summed E-state index contributed by atoms with van der Waals surface area (Å²) < 4.78 is 0. The first-order chi connectivity index (χ1) is 10.3. The van der Waals surface area contributed by atoms with E-state index in [2.05, 4.69) is 5.32 Å². The second-order valence-corrected chi connectivity index (χ2v) is 6.74. The minimum absolute atomic E-state index is 0.0390. The molecule has 1 fully saturated rings. The molecule has 1 aromatic rings. The van der Waals surface area contributed by atoms with Gasteiger partial charge in [0.15, 0.2) is 0 Å². The fraction of sp³-hybridized carbons (Fsp3) is 0.529. The topological polar surface area (TPSA) is 69.6 Å². The Morgan fingerprint density at radius 3 is 2.55 bits per heavy atom. The van der Waals surface area contributed by atoms with Crippen molar-refractivity contribution in [2.45, 2.75) is 39.7 Å². The number of anilines is 1. The van der Waals surface area contributed by atoms with Crippen molar-refractivity contribution in [1.82, 2.24) is 4.90 Å². The maximum Gasteiger partial charge on any atom is 0.254 e. The van der Waals surface area contributed by atoms with Crippen LogP contribution >= 0.6 is 0 Å². The number of carbonyl (C=O) groups is 2. The highest BCUT2D eigenvalue weighted by atomic mass is 16.3. The van der Waals surface area contributed by atoms with Crippen molar-refractivity contribution in [1.29, 1.82) is 0 Å². The van der Waals surface area contributed by atoms with Crippen molar-refractivity contribution >= 4 is 17.5 Å². The van der Waals surface area contributed by atoms with Crippen LogP contribution in [0.25, 0.3) is 0 Å². The lowest BCUT2D eigenvalue weighted by atomic mass is 9.95. The normalized spacial score (nSPS) is 14.5. The Kier molecular flexibility index (Phi) is 4.86. The number of nitrogens with zero attached hydrogens (tertiary/aromatic N) is 1. The van der Waals surface area contributed by atoms with E-state index in [9.17, 15) is 9.59 Å². The van der Waals surface area contributed by atoms with Gasteiger partial charge in [-0.15, -0.1) is 0 Å². The minimum Gasteiger partial charge on any atom is -0.395 e. The summed E-state index contributed by atoms with van der Waals surface area (Å²) >= 11 is 0. The number of hydrogen-bond acceptors (Lipinski definition) is 3. The fourth-order valence-corrected chi connectivity index (χ4v) is 2.16. The summed E-state index contributed by atoms with van der Waals surface area (Å²) in [6.45, 7) is 5.83. The minimum atomic E-state index is -0.489. The molecule has 5 nitrogen and oxygen atoms in total. The van der Waals surface area contributed by atoms with Gasteiger partial charge in [-0.05, 0) is 31.0 Å². The molecule has 0 aliphatic heterocycles. The zero-order valence-corrected chi connectivity index (χ0v) is 13.4. The molecule has 5 heteroatoms. The Balaban J connectivity index is 2.13. The number of nitrogens with one attached hydrogen (secondary N) is 1. The largest absolute Gasteiger partial charge is 0.395 e. The SMILES string of the molecule is CC(C)(C)C(=O)Nc1cccc(C(=O)N(CCO)C2CC2)c1. The van der Waals surface area contributed by atoms with Crippen molar-refractivity contribution in [3.63, 3.8) is 0 Å². The monoisotopic (exact) mass is 304 g/mol. The molecule has 0 unspecified atom stereocenters. The van der Waals surface area contributed by atoms with Crippen LogP contribution in [0.3, 0.4) is 0 Å². The third kappa shape index (κ3) is 4.07. The van der Waals surface area contributed by atoms with E-state index in [0.29, 0.717) is 17.8 Å². The van der Waals surface area contributed by atoms with Gasteiger partial charge in [0.05, 0.1) is 6.61 Å². The smallest absolute Gasteiger partial charge is 0.254 e. The Bertz CT molecular complexity index is 559. The maximum atomic E-state index is 12.6. The van der Waals surface area contributed by atoms with E-state index in [1.54, 1.807) is 29.2 Å². The fourth-order valence-electron chi connectivity index (χ4n) is 2.16. The van der Waals surface area contributed by atoms with Gasteiger partial charge in [0.25, 0.3) is 5.91 Å². The molecule has 120 valence electrons. The van der Waals surface area contributed by atoms with Crippen molar-refractivity contribution in [2.75, 3.05) is 18.5 Å². The quantitative estimate of drug-likeness (QED) is 0.876. The highest BCUT2D eigenvalue weighted by molar-refractivity contribution is 5.98. The molecular formula is C17H24N2O3. The van der Waals surface area contributed by atoms with Gasteiger partial charge in [-0.25, -0.2) is 0 Å². The predicted molar refractivity (Wildman–Crippen MR) is 85.7 cm³/mol. The molecule has 0 radical (unpaired) electrons. The van der Waals surface area contributed by atoms with Gasteiger partial charge in [0.2, 0.25) is 5.91 Å². The zero-order chi connectivity index (χ0) is 16.3. The average Bonchev–Trinajstić information content (AvgIpc) is 3.28.